The summed E-state index contributed by atoms with van der Waals surface area (Å²) in [6.45, 7) is 4.03. The molecule has 5 heterocycles. The Hall–Kier alpha value is -4.79. The van der Waals surface area contributed by atoms with Gasteiger partial charge in [-0.15, -0.1) is 0 Å². The minimum atomic E-state index is -0.0225. The monoisotopic (exact) mass is 477 g/mol. The lowest BCUT2D eigenvalue weighted by atomic mass is 10.0. The summed E-state index contributed by atoms with van der Waals surface area (Å²) in [7, 11) is 0. The summed E-state index contributed by atoms with van der Waals surface area (Å²) in [5.74, 6) is 0.900. The summed E-state index contributed by atoms with van der Waals surface area (Å²) < 4.78 is 5.24. The SMILES string of the molecule is CC(C)CC(=O)Nc1cncc(-c2ccc3[nH]nc(-c4nc5c(-c6ccoc6)cncc5[nH]4)c3c2)c1. The van der Waals surface area contributed by atoms with E-state index in [1.807, 2.05) is 44.2 Å². The molecular weight excluding hydrogens is 454 g/mol. The van der Waals surface area contributed by atoms with Crippen LogP contribution in [0.3, 0.4) is 0 Å². The number of fused-ring (bicyclic) bond motifs is 2. The number of imidazole rings is 1. The number of benzene rings is 1. The number of furan rings is 1. The molecule has 0 bridgehead atoms. The van der Waals surface area contributed by atoms with E-state index in [9.17, 15) is 4.79 Å². The quantitative estimate of drug-likeness (QED) is 0.278. The molecule has 0 aliphatic rings. The molecule has 1 amide bonds. The fourth-order valence-electron chi connectivity index (χ4n) is 4.30. The van der Waals surface area contributed by atoms with E-state index in [4.69, 9.17) is 9.40 Å². The number of H-pyrrole nitrogens is 2. The maximum atomic E-state index is 12.2. The lowest BCUT2D eigenvalue weighted by Crippen LogP contribution is -2.13. The molecule has 36 heavy (non-hydrogen) atoms. The van der Waals surface area contributed by atoms with Gasteiger partial charge in [0.1, 0.15) is 11.2 Å². The third-order valence-corrected chi connectivity index (χ3v) is 5.96. The number of aromatic amines is 2. The van der Waals surface area contributed by atoms with Crippen LogP contribution in [0.5, 0.6) is 0 Å². The number of carbonyl (C=O) groups excluding carboxylic acids is 1. The fourth-order valence-corrected chi connectivity index (χ4v) is 4.30. The smallest absolute Gasteiger partial charge is 0.224 e. The molecule has 9 heteroatoms. The molecule has 0 saturated carbocycles. The van der Waals surface area contributed by atoms with Crippen molar-refractivity contribution in [2.45, 2.75) is 20.3 Å². The summed E-state index contributed by atoms with van der Waals surface area (Å²) in [4.78, 5) is 29.1. The van der Waals surface area contributed by atoms with Crippen LogP contribution in [0.2, 0.25) is 0 Å². The summed E-state index contributed by atoms with van der Waals surface area (Å²) in [5.41, 5.74) is 7.50. The van der Waals surface area contributed by atoms with Gasteiger partial charge in [0.05, 0.1) is 41.6 Å². The number of pyridine rings is 2. The number of hydrogen-bond acceptors (Lipinski definition) is 6. The van der Waals surface area contributed by atoms with Crippen LogP contribution >= 0.6 is 0 Å². The Morgan fingerprint density at radius 1 is 1.00 bits per heavy atom. The summed E-state index contributed by atoms with van der Waals surface area (Å²) in [6.07, 6.45) is 10.7. The van der Waals surface area contributed by atoms with E-state index in [1.165, 1.54) is 0 Å². The molecule has 0 atom stereocenters. The van der Waals surface area contributed by atoms with Gasteiger partial charge in [-0.2, -0.15) is 5.10 Å². The fraction of sp³-hybridized carbons (Fsp3) is 0.148. The first-order valence-corrected chi connectivity index (χ1v) is 11.7. The Balaban J connectivity index is 1.38. The molecule has 9 nitrogen and oxygen atoms in total. The van der Waals surface area contributed by atoms with Crippen molar-refractivity contribution in [1.82, 2.24) is 30.1 Å². The number of aromatic nitrogens is 6. The second-order valence-corrected chi connectivity index (χ2v) is 9.12. The predicted molar refractivity (Wildman–Crippen MR) is 138 cm³/mol. The van der Waals surface area contributed by atoms with Crippen molar-refractivity contribution in [2.24, 2.45) is 5.92 Å². The van der Waals surface area contributed by atoms with Gasteiger partial charge in [-0.05, 0) is 35.7 Å². The van der Waals surface area contributed by atoms with Gasteiger partial charge in [-0.1, -0.05) is 19.9 Å². The van der Waals surface area contributed by atoms with E-state index < -0.39 is 0 Å². The first kappa shape index (κ1) is 21.7. The Labute approximate surface area is 206 Å². The lowest BCUT2D eigenvalue weighted by Gasteiger charge is -2.09. The Kier molecular flexibility index (Phi) is 5.29. The zero-order valence-corrected chi connectivity index (χ0v) is 19.7. The lowest BCUT2D eigenvalue weighted by molar-refractivity contribution is -0.116. The van der Waals surface area contributed by atoms with Gasteiger partial charge >= 0.3 is 0 Å². The number of nitrogens with one attached hydrogen (secondary N) is 3. The van der Waals surface area contributed by atoms with Crippen molar-refractivity contribution >= 4 is 33.5 Å². The normalized spacial score (nSPS) is 11.5. The minimum absolute atomic E-state index is 0.0225. The highest BCUT2D eigenvalue weighted by Gasteiger charge is 2.17. The van der Waals surface area contributed by atoms with Gasteiger partial charge in [0, 0.05) is 40.9 Å². The zero-order chi connectivity index (χ0) is 24.6. The van der Waals surface area contributed by atoms with E-state index in [2.05, 4.69) is 30.5 Å². The maximum Gasteiger partial charge on any atom is 0.224 e. The standard InChI is InChI=1S/C27H23N7O2/c1-15(2)7-24(35)30-19-8-18(10-28-11-19)16-3-4-22-20(9-16)26(34-33-22)27-31-23-13-29-12-21(25(23)32-27)17-5-6-36-14-17/h3-6,8-15H,7H2,1-2H3,(H,30,35)(H,31,32)(H,33,34). The Morgan fingerprint density at radius 3 is 2.72 bits per heavy atom. The highest BCUT2D eigenvalue weighted by Crippen LogP contribution is 2.33. The summed E-state index contributed by atoms with van der Waals surface area (Å²) in [6, 6.07) is 9.84. The second kappa shape index (κ2) is 8.77. The van der Waals surface area contributed by atoms with Crippen LogP contribution in [0.25, 0.3) is 55.7 Å². The van der Waals surface area contributed by atoms with Crippen LogP contribution in [-0.2, 0) is 4.79 Å². The van der Waals surface area contributed by atoms with Crippen LogP contribution in [-0.4, -0.2) is 36.0 Å². The Morgan fingerprint density at radius 2 is 1.89 bits per heavy atom. The van der Waals surface area contributed by atoms with Gasteiger partial charge in [0.15, 0.2) is 5.82 Å². The average molecular weight is 478 g/mol. The summed E-state index contributed by atoms with van der Waals surface area (Å²) >= 11 is 0. The van der Waals surface area contributed by atoms with Gasteiger partial charge in [0.2, 0.25) is 5.91 Å². The molecule has 0 fully saturated rings. The van der Waals surface area contributed by atoms with Crippen molar-refractivity contribution in [1.29, 1.82) is 0 Å². The average Bonchev–Trinajstić information content (AvgIpc) is 3.62. The molecule has 0 saturated heterocycles. The van der Waals surface area contributed by atoms with E-state index >= 15 is 0 Å². The van der Waals surface area contributed by atoms with Gasteiger partial charge < -0.3 is 14.7 Å². The van der Waals surface area contributed by atoms with Gasteiger partial charge in [0.25, 0.3) is 0 Å². The molecule has 5 aromatic heterocycles. The molecule has 6 rings (SSSR count). The van der Waals surface area contributed by atoms with Crippen LogP contribution < -0.4 is 5.32 Å². The largest absolute Gasteiger partial charge is 0.472 e. The van der Waals surface area contributed by atoms with Gasteiger partial charge in [-0.25, -0.2) is 4.98 Å². The molecule has 1 aromatic carbocycles. The van der Waals surface area contributed by atoms with E-state index in [1.54, 1.807) is 37.3 Å². The number of anilines is 1. The predicted octanol–water partition coefficient (Wildman–Crippen LogP) is 5.81. The molecule has 0 radical (unpaired) electrons. The molecule has 178 valence electrons. The third kappa shape index (κ3) is 4.00. The van der Waals surface area contributed by atoms with Gasteiger partial charge in [-0.3, -0.25) is 19.9 Å². The van der Waals surface area contributed by atoms with Crippen LogP contribution in [0, 0.1) is 5.92 Å². The third-order valence-electron chi connectivity index (χ3n) is 5.96. The molecule has 0 unspecified atom stereocenters. The van der Waals surface area contributed by atoms with Crippen molar-refractivity contribution in [3.63, 3.8) is 0 Å². The van der Waals surface area contributed by atoms with Crippen LogP contribution in [0.15, 0.2) is 72.1 Å². The first-order chi connectivity index (χ1) is 17.5. The molecule has 6 aromatic rings. The molecule has 0 aliphatic carbocycles. The van der Waals surface area contributed by atoms with E-state index in [0.29, 0.717) is 23.6 Å². The first-order valence-electron chi connectivity index (χ1n) is 11.7. The topological polar surface area (TPSA) is 125 Å². The molecular formula is C27H23N7O2. The number of rotatable bonds is 6. The van der Waals surface area contributed by atoms with Crippen LogP contribution in [0.4, 0.5) is 5.69 Å². The highest BCUT2D eigenvalue weighted by molar-refractivity contribution is 5.98. The minimum Gasteiger partial charge on any atom is -0.472 e. The van der Waals surface area contributed by atoms with Crippen LogP contribution in [0.1, 0.15) is 20.3 Å². The number of hydrogen-bond donors (Lipinski definition) is 3. The highest BCUT2D eigenvalue weighted by atomic mass is 16.3. The number of amides is 1. The van der Waals surface area contributed by atoms with E-state index in [0.717, 1.165) is 44.2 Å². The van der Waals surface area contributed by atoms with Crippen molar-refractivity contribution in [2.75, 3.05) is 5.32 Å². The summed E-state index contributed by atoms with van der Waals surface area (Å²) in [5, 5.41) is 11.5. The Bertz CT molecular complexity index is 1700. The van der Waals surface area contributed by atoms with Crippen molar-refractivity contribution in [3.8, 4) is 33.8 Å². The van der Waals surface area contributed by atoms with Crippen molar-refractivity contribution in [3.05, 3.63) is 67.6 Å². The maximum absolute atomic E-state index is 12.2. The zero-order valence-electron chi connectivity index (χ0n) is 19.7. The number of carbonyl (C=O) groups is 1. The second-order valence-electron chi connectivity index (χ2n) is 9.12. The molecule has 3 N–H and O–H groups in total. The number of nitrogens with zero attached hydrogens (tertiary/aromatic N) is 4. The molecule has 0 spiro atoms. The van der Waals surface area contributed by atoms with E-state index in [-0.39, 0.29) is 11.8 Å². The molecule has 0 aliphatic heterocycles. The van der Waals surface area contributed by atoms with Crippen molar-refractivity contribution < 1.29 is 9.21 Å².